The zero-order chi connectivity index (χ0) is 10.3. The molecule has 0 saturated carbocycles. The Hall–Kier alpha value is -1.67. The van der Waals surface area contributed by atoms with Crippen LogP contribution < -0.4 is 0 Å². The lowest BCUT2D eigenvalue weighted by Crippen LogP contribution is -1.83. The van der Waals surface area contributed by atoms with Gasteiger partial charge in [-0.25, -0.2) is 9.37 Å². The van der Waals surface area contributed by atoms with Crippen molar-refractivity contribution in [1.82, 2.24) is 4.98 Å². The molecule has 2 aromatic carbocycles. The molecule has 80 valence electrons. The Kier molecular flexibility index (Phi) is 2.75. The van der Waals surface area contributed by atoms with Crippen molar-refractivity contribution in [1.29, 1.82) is 0 Å². The molecule has 0 fully saturated rings. The van der Waals surface area contributed by atoms with Crippen LogP contribution in [0.25, 0.3) is 21.8 Å². The molecule has 0 spiro atoms. The predicted molar refractivity (Wildman–Crippen MR) is 66.5 cm³/mol. The number of hydrogen-bond acceptors (Lipinski definition) is 1. The molecule has 0 saturated heterocycles. The van der Waals surface area contributed by atoms with Crippen molar-refractivity contribution < 1.29 is 4.39 Å². The molecule has 16 heavy (non-hydrogen) atoms. The SMILES string of the molecule is Cl.Fc1ccc2cc3ccccc3nc2c1. The summed E-state index contributed by atoms with van der Waals surface area (Å²) < 4.78 is 13.0. The number of rotatable bonds is 0. The molecule has 3 rings (SSSR count). The first-order valence-corrected chi connectivity index (χ1v) is 4.78. The minimum atomic E-state index is -0.245. The van der Waals surface area contributed by atoms with Crippen molar-refractivity contribution in [3.63, 3.8) is 0 Å². The van der Waals surface area contributed by atoms with E-state index >= 15 is 0 Å². The largest absolute Gasteiger partial charge is 0.248 e. The van der Waals surface area contributed by atoms with E-state index in [2.05, 4.69) is 4.98 Å². The third kappa shape index (κ3) is 1.72. The average Bonchev–Trinajstić information content (AvgIpc) is 2.26. The molecule has 1 aromatic heterocycles. The molecular formula is C13H9ClFN. The first kappa shape index (κ1) is 10.8. The Morgan fingerprint density at radius 1 is 0.812 bits per heavy atom. The van der Waals surface area contributed by atoms with Gasteiger partial charge in [-0.05, 0) is 24.3 Å². The summed E-state index contributed by atoms with van der Waals surface area (Å²) in [5, 5.41) is 2.05. The van der Waals surface area contributed by atoms with Crippen molar-refractivity contribution in [2.75, 3.05) is 0 Å². The van der Waals surface area contributed by atoms with Crippen LogP contribution in [-0.2, 0) is 0 Å². The summed E-state index contributed by atoms with van der Waals surface area (Å²) in [5.41, 5.74) is 1.60. The molecule has 0 bridgehead atoms. The second kappa shape index (κ2) is 4.06. The predicted octanol–water partition coefficient (Wildman–Crippen LogP) is 3.95. The lowest BCUT2D eigenvalue weighted by molar-refractivity contribution is 0.629. The average molecular weight is 234 g/mol. The molecule has 1 heterocycles. The number of benzene rings is 2. The number of aromatic nitrogens is 1. The molecule has 0 amide bonds. The van der Waals surface area contributed by atoms with Gasteiger partial charge in [-0.1, -0.05) is 18.2 Å². The number of nitrogens with zero attached hydrogens (tertiary/aromatic N) is 1. The summed E-state index contributed by atoms with van der Waals surface area (Å²) in [7, 11) is 0. The maximum Gasteiger partial charge on any atom is 0.125 e. The number of halogens is 2. The summed E-state index contributed by atoms with van der Waals surface area (Å²) in [6.07, 6.45) is 0. The third-order valence-corrected chi connectivity index (χ3v) is 2.48. The Bertz CT molecular complexity index is 652. The van der Waals surface area contributed by atoms with Crippen LogP contribution in [0.4, 0.5) is 4.39 Å². The zero-order valence-electron chi connectivity index (χ0n) is 8.35. The Morgan fingerprint density at radius 3 is 2.44 bits per heavy atom. The van der Waals surface area contributed by atoms with Gasteiger partial charge in [-0.3, -0.25) is 0 Å². The van der Waals surface area contributed by atoms with Crippen molar-refractivity contribution in [2.45, 2.75) is 0 Å². The molecular weight excluding hydrogens is 225 g/mol. The summed E-state index contributed by atoms with van der Waals surface area (Å²) in [4.78, 5) is 4.40. The smallest absolute Gasteiger partial charge is 0.125 e. The highest BCUT2D eigenvalue weighted by Gasteiger charge is 1.99. The van der Waals surface area contributed by atoms with Crippen molar-refractivity contribution in [3.05, 3.63) is 54.3 Å². The van der Waals surface area contributed by atoms with Gasteiger partial charge < -0.3 is 0 Å². The second-order valence-corrected chi connectivity index (χ2v) is 3.52. The Labute approximate surface area is 98.3 Å². The molecule has 0 atom stereocenters. The van der Waals surface area contributed by atoms with E-state index in [1.54, 1.807) is 6.07 Å². The maximum absolute atomic E-state index is 13.0. The number of hydrogen-bond donors (Lipinski definition) is 0. The van der Waals surface area contributed by atoms with Gasteiger partial charge in [0.25, 0.3) is 0 Å². The van der Waals surface area contributed by atoms with Gasteiger partial charge in [0.2, 0.25) is 0 Å². The quantitative estimate of drug-likeness (QED) is 0.536. The van der Waals surface area contributed by atoms with Gasteiger partial charge in [0.1, 0.15) is 5.82 Å². The van der Waals surface area contributed by atoms with Crippen LogP contribution in [0.2, 0.25) is 0 Å². The molecule has 3 aromatic rings. The van der Waals surface area contributed by atoms with Crippen LogP contribution in [0.5, 0.6) is 0 Å². The normalized spacial score (nSPS) is 10.3. The monoisotopic (exact) mass is 233 g/mol. The summed E-state index contributed by atoms with van der Waals surface area (Å²) in [5.74, 6) is -0.245. The van der Waals surface area contributed by atoms with Gasteiger partial charge in [0.15, 0.2) is 0 Å². The van der Waals surface area contributed by atoms with Crippen LogP contribution >= 0.6 is 12.4 Å². The van der Waals surface area contributed by atoms with Crippen LogP contribution in [0.1, 0.15) is 0 Å². The highest BCUT2D eigenvalue weighted by Crippen LogP contribution is 2.19. The summed E-state index contributed by atoms with van der Waals surface area (Å²) >= 11 is 0. The van der Waals surface area contributed by atoms with E-state index < -0.39 is 0 Å². The van der Waals surface area contributed by atoms with Crippen LogP contribution in [-0.4, -0.2) is 4.98 Å². The highest BCUT2D eigenvalue weighted by molar-refractivity contribution is 5.92. The summed E-state index contributed by atoms with van der Waals surface area (Å²) in [6.45, 7) is 0. The van der Waals surface area contributed by atoms with Gasteiger partial charge in [0, 0.05) is 16.8 Å². The van der Waals surface area contributed by atoms with Crippen molar-refractivity contribution >= 4 is 34.2 Å². The number of para-hydroxylation sites is 1. The minimum absolute atomic E-state index is 0. The lowest BCUT2D eigenvalue weighted by atomic mass is 10.1. The van der Waals surface area contributed by atoms with Crippen LogP contribution in [0.15, 0.2) is 48.5 Å². The molecule has 3 heteroatoms. The van der Waals surface area contributed by atoms with E-state index in [-0.39, 0.29) is 18.2 Å². The first-order chi connectivity index (χ1) is 7.33. The molecule has 0 unspecified atom stereocenters. The van der Waals surface area contributed by atoms with E-state index in [1.807, 2.05) is 30.3 Å². The number of pyridine rings is 1. The van der Waals surface area contributed by atoms with Gasteiger partial charge in [-0.2, -0.15) is 0 Å². The van der Waals surface area contributed by atoms with E-state index in [0.29, 0.717) is 5.52 Å². The van der Waals surface area contributed by atoms with Crippen molar-refractivity contribution in [2.24, 2.45) is 0 Å². The lowest BCUT2D eigenvalue weighted by Gasteiger charge is -2.00. The van der Waals surface area contributed by atoms with Crippen LogP contribution in [0, 0.1) is 5.82 Å². The Balaban J connectivity index is 0.000000963. The highest BCUT2D eigenvalue weighted by atomic mass is 35.5. The third-order valence-electron chi connectivity index (χ3n) is 2.48. The summed E-state index contributed by atoms with van der Waals surface area (Å²) in [6, 6.07) is 14.5. The molecule has 0 aliphatic heterocycles. The maximum atomic E-state index is 13.0. The van der Waals surface area contributed by atoms with E-state index in [9.17, 15) is 4.39 Å². The molecule has 0 radical (unpaired) electrons. The fourth-order valence-electron chi connectivity index (χ4n) is 1.74. The first-order valence-electron chi connectivity index (χ1n) is 4.78. The molecule has 0 aliphatic carbocycles. The standard InChI is InChI=1S/C13H8FN.ClH/c14-11-6-5-10-7-9-3-1-2-4-12(9)15-13(10)8-11;/h1-8H;1H. The minimum Gasteiger partial charge on any atom is -0.248 e. The number of fused-ring (bicyclic) bond motifs is 2. The molecule has 0 aliphatic rings. The van der Waals surface area contributed by atoms with E-state index in [1.165, 1.54) is 12.1 Å². The van der Waals surface area contributed by atoms with Crippen molar-refractivity contribution in [3.8, 4) is 0 Å². The fraction of sp³-hybridized carbons (Fsp3) is 0. The molecule has 0 N–H and O–H groups in total. The topological polar surface area (TPSA) is 12.9 Å². The van der Waals surface area contributed by atoms with Gasteiger partial charge >= 0.3 is 0 Å². The van der Waals surface area contributed by atoms with Gasteiger partial charge in [-0.15, -0.1) is 12.4 Å². The Morgan fingerprint density at radius 2 is 1.56 bits per heavy atom. The molecule has 1 nitrogen and oxygen atoms in total. The van der Waals surface area contributed by atoms with Crippen LogP contribution in [0.3, 0.4) is 0 Å². The van der Waals surface area contributed by atoms with Gasteiger partial charge in [0.05, 0.1) is 11.0 Å². The second-order valence-electron chi connectivity index (χ2n) is 3.52. The zero-order valence-corrected chi connectivity index (χ0v) is 9.17. The van der Waals surface area contributed by atoms with E-state index in [0.717, 1.165) is 16.3 Å². The fourth-order valence-corrected chi connectivity index (χ4v) is 1.74. The van der Waals surface area contributed by atoms with E-state index in [4.69, 9.17) is 0 Å².